The van der Waals surface area contributed by atoms with Crippen LogP contribution in [0.15, 0.2) is 42.5 Å². The highest BCUT2D eigenvalue weighted by Crippen LogP contribution is 2.11. The van der Waals surface area contributed by atoms with Crippen LogP contribution in [0.25, 0.3) is 0 Å². The van der Waals surface area contributed by atoms with E-state index in [9.17, 15) is 18.4 Å². The molecule has 142 valence electrons. The number of amides is 1. The Labute approximate surface area is 152 Å². The molecule has 26 heavy (non-hydrogen) atoms. The predicted molar refractivity (Wildman–Crippen MR) is 96.4 cm³/mol. The molecule has 1 atom stereocenters. The molecule has 1 rings (SSSR count). The van der Waals surface area contributed by atoms with E-state index in [-0.39, 0.29) is 18.6 Å². The number of allylic oxidation sites excluding steroid dienone is 2. The van der Waals surface area contributed by atoms with Gasteiger partial charge in [0.2, 0.25) is 5.91 Å². The Bertz CT molecular complexity index is 636. The van der Waals surface area contributed by atoms with Crippen LogP contribution in [0.4, 0.5) is 8.78 Å². The molecule has 1 aromatic rings. The zero-order valence-corrected chi connectivity index (χ0v) is 15.1. The van der Waals surface area contributed by atoms with Crippen LogP contribution in [0.1, 0.15) is 38.7 Å². The molecule has 0 bridgehead atoms. The van der Waals surface area contributed by atoms with Gasteiger partial charge in [-0.15, -0.1) is 0 Å². The number of benzene rings is 1. The van der Waals surface area contributed by atoms with Gasteiger partial charge in [0.15, 0.2) is 0 Å². The van der Waals surface area contributed by atoms with Crippen molar-refractivity contribution in [2.75, 3.05) is 6.61 Å². The van der Waals surface area contributed by atoms with Gasteiger partial charge in [0.1, 0.15) is 24.3 Å². The maximum absolute atomic E-state index is 13.4. The third-order valence-electron chi connectivity index (χ3n) is 3.51. The second-order valence-corrected chi connectivity index (χ2v) is 5.79. The lowest BCUT2D eigenvalue weighted by atomic mass is 10.1. The summed E-state index contributed by atoms with van der Waals surface area (Å²) in [4.78, 5) is 24.2. The molecule has 1 amide bonds. The number of carbonyl (C=O) groups excluding carboxylic acids is 2. The molecule has 0 spiro atoms. The minimum atomic E-state index is -1.04. The fraction of sp³-hybridized carbons (Fsp3) is 0.400. The van der Waals surface area contributed by atoms with Gasteiger partial charge < -0.3 is 10.1 Å². The topological polar surface area (TPSA) is 55.4 Å². The predicted octanol–water partition coefficient (Wildman–Crippen LogP) is 3.86. The van der Waals surface area contributed by atoms with Crippen LogP contribution in [0.2, 0.25) is 0 Å². The molecule has 0 fully saturated rings. The quantitative estimate of drug-likeness (QED) is 0.296. The van der Waals surface area contributed by atoms with E-state index in [1.165, 1.54) is 6.08 Å². The van der Waals surface area contributed by atoms with Crippen LogP contribution in [0.3, 0.4) is 0 Å². The number of ether oxygens (including phenoxy) is 1. The first-order valence-corrected chi connectivity index (χ1v) is 8.66. The smallest absolute Gasteiger partial charge is 0.329 e. The van der Waals surface area contributed by atoms with Gasteiger partial charge >= 0.3 is 5.97 Å². The van der Waals surface area contributed by atoms with Gasteiger partial charge in [-0.1, -0.05) is 38.0 Å². The van der Waals surface area contributed by atoms with Crippen molar-refractivity contribution in [3.63, 3.8) is 0 Å². The number of hydrogen-bond acceptors (Lipinski definition) is 3. The van der Waals surface area contributed by atoms with Crippen molar-refractivity contribution in [2.45, 2.75) is 45.6 Å². The Morgan fingerprint density at radius 3 is 2.50 bits per heavy atom. The van der Waals surface area contributed by atoms with Crippen LogP contribution >= 0.6 is 0 Å². The molecule has 0 saturated heterocycles. The number of rotatable bonds is 10. The van der Waals surface area contributed by atoms with Gasteiger partial charge in [0, 0.05) is 12.5 Å². The maximum Gasteiger partial charge on any atom is 0.329 e. The Hall–Kier alpha value is -2.50. The summed E-state index contributed by atoms with van der Waals surface area (Å²) in [6, 6.07) is 1.96. The molecule has 0 aliphatic rings. The highest BCUT2D eigenvalue weighted by atomic mass is 19.1. The van der Waals surface area contributed by atoms with Gasteiger partial charge in [-0.25, -0.2) is 13.6 Å². The minimum absolute atomic E-state index is 0.0611. The molecule has 6 heteroatoms. The van der Waals surface area contributed by atoms with Crippen LogP contribution < -0.4 is 5.32 Å². The summed E-state index contributed by atoms with van der Waals surface area (Å²) in [5.74, 6) is -2.60. The highest BCUT2D eigenvalue weighted by Gasteiger charge is 2.22. The van der Waals surface area contributed by atoms with E-state index < -0.39 is 29.6 Å². The molecule has 0 aromatic heterocycles. The first-order valence-electron chi connectivity index (χ1n) is 8.66. The summed E-state index contributed by atoms with van der Waals surface area (Å²) in [7, 11) is 0. The molecule has 0 aliphatic carbocycles. The number of esters is 1. The van der Waals surface area contributed by atoms with Crippen LogP contribution in [0, 0.1) is 11.6 Å². The van der Waals surface area contributed by atoms with Crippen molar-refractivity contribution < 1.29 is 23.1 Å². The molecule has 0 radical (unpaired) electrons. The lowest BCUT2D eigenvalue weighted by molar-refractivity contribution is -0.146. The highest BCUT2D eigenvalue weighted by molar-refractivity contribution is 5.91. The van der Waals surface area contributed by atoms with E-state index in [1.54, 1.807) is 25.2 Å². The van der Waals surface area contributed by atoms with E-state index in [1.807, 2.05) is 6.92 Å². The van der Waals surface area contributed by atoms with E-state index in [0.29, 0.717) is 0 Å². The molecule has 1 aromatic carbocycles. The zero-order chi connectivity index (χ0) is 19.4. The van der Waals surface area contributed by atoms with Gasteiger partial charge in [0.05, 0.1) is 0 Å². The molecular formula is C20H25F2NO3. The van der Waals surface area contributed by atoms with Crippen molar-refractivity contribution in [1.82, 2.24) is 5.32 Å². The third kappa shape index (κ3) is 8.55. The fourth-order valence-electron chi connectivity index (χ4n) is 2.22. The summed E-state index contributed by atoms with van der Waals surface area (Å²) in [5, 5.41) is 2.54. The first-order chi connectivity index (χ1) is 12.5. The molecule has 4 nitrogen and oxygen atoms in total. The van der Waals surface area contributed by atoms with Gasteiger partial charge in [-0.2, -0.15) is 0 Å². The average Bonchev–Trinajstić information content (AvgIpc) is 2.57. The molecular weight excluding hydrogens is 340 g/mol. The van der Waals surface area contributed by atoms with Crippen molar-refractivity contribution in [2.24, 2.45) is 0 Å². The number of nitrogens with one attached hydrogen (secondary N) is 1. The third-order valence-corrected chi connectivity index (χ3v) is 3.51. The van der Waals surface area contributed by atoms with Gasteiger partial charge in [-0.05, 0) is 37.1 Å². The molecule has 0 saturated carbocycles. The Kier molecular flexibility index (Phi) is 9.90. The first kappa shape index (κ1) is 21.5. The summed E-state index contributed by atoms with van der Waals surface area (Å²) >= 11 is 0. The minimum Gasteiger partial charge on any atom is -0.460 e. The van der Waals surface area contributed by atoms with Crippen LogP contribution in [-0.2, 0) is 20.7 Å². The number of unbranched alkanes of at least 4 members (excludes halogenated alkanes) is 2. The Balaban J connectivity index is 2.82. The number of halogens is 2. The van der Waals surface area contributed by atoms with E-state index in [0.717, 1.165) is 37.5 Å². The fourth-order valence-corrected chi connectivity index (χ4v) is 2.22. The molecule has 1 N–H and O–H groups in total. The van der Waals surface area contributed by atoms with E-state index in [4.69, 9.17) is 4.74 Å². The normalized spacial score (nSPS) is 12.5. The van der Waals surface area contributed by atoms with Crippen LogP contribution in [-0.4, -0.2) is 24.5 Å². The number of hydrogen-bond donors (Lipinski definition) is 1. The zero-order valence-electron chi connectivity index (χ0n) is 15.1. The van der Waals surface area contributed by atoms with Crippen molar-refractivity contribution in [3.05, 3.63) is 59.7 Å². The standard InChI is InChI=1S/C20H25F2NO3/c1-3-5-7-8-9-19(24)23-18(20(25)26-10-6-4-2)13-15-11-16(21)14-17(22)12-15/h4,6,8-9,11-12,14,18H,3,5,7,10,13H2,1-2H3,(H,23,24)/b6-4+,9-8+/t18-/m0/s1. The number of carbonyl (C=O) groups is 2. The summed E-state index contributed by atoms with van der Waals surface area (Å²) < 4.78 is 31.8. The maximum atomic E-state index is 13.4. The monoisotopic (exact) mass is 365 g/mol. The van der Waals surface area contributed by atoms with Crippen molar-refractivity contribution >= 4 is 11.9 Å². The second kappa shape index (κ2) is 12.0. The Morgan fingerprint density at radius 2 is 1.88 bits per heavy atom. The summed E-state index contributed by atoms with van der Waals surface area (Å²) in [6.07, 6.45) is 9.10. The summed E-state index contributed by atoms with van der Waals surface area (Å²) in [6.45, 7) is 3.89. The average molecular weight is 365 g/mol. The van der Waals surface area contributed by atoms with Crippen molar-refractivity contribution in [1.29, 1.82) is 0 Å². The largest absolute Gasteiger partial charge is 0.460 e. The molecule has 0 aliphatic heterocycles. The second-order valence-electron chi connectivity index (χ2n) is 5.79. The van der Waals surface area contributed by atoms with Gasteiger partial charge in [0.25, 0.3) is 0 Å². The summed E-state index contributed by atoms with van der Waals surface area (Å²) in [5.41, 5.74) is 0.255. The lowest BCUT2D eigenvalue weighted by Gasteiger charge is -2.16. The Morgan fingerprint density at radius 1 is 1.19 bits per heavy atom. The van der Waals surface area contributed by atoms with Crippen molar-refractivity contribution in [3.8, 4) is 0 Å². The molecule has 0 heterocycles. The lowest BCUT2D eigenvalue weighted by Crippen LogP contribution is -2.42. The molecule has 0 unspecified atom stereocenters. The van der Waals surface area contributed by atoms with E-state index in [2.05, 4.69) is 5.32 Å². The van der Waals surface area contributed by atoms with Gasteiger partial charge in [-0.3, -0.25) is 4.79 Å². The van der Waals surface area contributed by atoms with E-state index >= 15 is 0 Å². The van der Waals surface area contributed by atoms with Crippen LogP contribution in [0.5, 0.6) is 0 Å². The SMILES string of the molecule is C/C=C/COC(=O)[C@H](Cc1cc(F)cc(F)c1)NC(=O)/C=C/CCCC.